The number of rotatable bonds is 6. The summed E-state index contributed by atoms with van der Waals surface area (Å²) < 4.78 is 0. The molecule has 0 amide bonds. The summed E-state index contributed by atoms with van der Waals surface area (Å²) in [5.41, 5.74) is 3.49. The molecular formula is C17H23N3. The van der Waals surface area contributed by atoms with Crippen molar-refractivity contribution in [2.24, 2.45) is 5.92 Å². The third kappa shape index (κ3) is 4.05. The number of aromatic nitrogens is 2. The topological polar surface area (TPSA) is 37.8 Å². The maximum atomic E-state index is 4.58. The summed E-state index contributed by atoms with van der Waals surface area (Å²) in [5, 5.41) is 3.23. The lowest BCUT2D eigenvalue weighted by Crippen LogP contribution is -2.04. The first-order chi connectivity index (χ1) is 9.69. The van der Waals surface area contributed by atoms with Crippen LogP contribution in [0.2, 0.25) is 0 Å². The molecule has 1 heterocycles. The maximum Gasteiger partial charge on any atom is 0.223 e. The van der Waals surface area contributed by atoms with Crippen LogP contribution in [-0.2, 0) is 6.42 Å². The molecule has 2 aromatic rings. The molecule has 2 rings (SSSR count). The second kappa shape index (κ2) is 7.04. The van der Waals surface area contributed by atoms with Gasteiger partial charge in [0.05, 0.1) is 5.69 Å². The number of anilines is 1. The van der Waals surface area contributed by atoms with E-state index in [9.17, 15) is 0 Å². The van der Waals surface area contributed by atoms with Crippen molar-refractivity contribution in [3.05, 3.63) is 42.1 Å². The van der Waals surface area contributed by atoms with E-state index in [1.807, 2.05) is 12.3 Å². The Kier molecular flexibility index (Phi) is 5.10. The van der Waals surface area contributed by atoms with Gasteiger partial charge in [0.2, 0.25) is 5.95 Å². The molecule has 3 nitrogen and oxygen atoms in total. The van der Waals surface area contributed by atoms with E-state index >= 15 is 0 Å². The molecule has 0 spiro atoms. The van der Waals surface area contributed by atoms with E-state index in [1.54, 1.807) is 0 Å². The molecule has 0 aliphatic rings. The van der Waals surface area contributed by atoms with Gasteiger partial charge in [-0.1, -0.05) is 39.0 Å². The Hall–Kier alpha value is -1.90. The third-order valence-electron chi connectivity index (χ3n) is 3.06. The second-order valence-electron chi connectivity index (χ2n) is 5.49. The number of hydrogen-bond acceptors (Lipinski definition) is 3. The minimum atomic E-state index is 0.664. The highest BCUT2D eigenvalue weighted by Gasteiger charge is 2.04. The van der Waals surface area contributed by atoms with Gasteiger partial charge in [0.15, 0.2) is 0 Å². The summed E-state index contributed by atoms with van der Waals surface area (Å²) >= 11 is 0. The molecule has 1 aromatic carbocycles. The Balaban J connectivity index is 2.22. The van der Waals surface area contributed by atoms with Gasteiger partial charge in [-0.15, -0.1) is 0 Å². The molecule has 3 heteroatoms. The molecule has 0 radical (unpaired) electrons. The van der Waals surface area contributed by atoms with Crippen LogP contribution in [0.4, 0.5) is 5.95 Å². The van der Waals surface area contributed by atoms with Crippen LogP contribution in [0.3, 0.4) is 0 Å². The Labute approximate surface area is 121 Å². The quantitative estimate of drug-likeness (QED) is 0.855. The molecule has 0 atom stereocenters. The molecule has 0 saturated heterocycles. The zero-order valence-corrected chi connectivity index (χ0v) is 12.6. The molecule has 1 N–H and O–H groups in total. The number of nitrogens with zero attached hydrogens (tertiary/aromatic N) is 2. The first-order valence-electron chi connectivity index (χ1n) is 7.35. The normalized spacial score (nSPS) is 10.8. The third-order valence-corrected chi connectivity index (χ3v) is 3.06. The Morgan fingerprint density at radius 2 is 2.05 bits per heavy atom. The van der Waals surface area contributed by atoms with E-state index in [0.717, 1.165) is 30.6 Å². The molecule has 0 fully saturated rings. The summed E-state index contributed by atoms with van der Waals surface area (Å²) in [6, 6.07) is 10.6. The lowest BCUT2D eigenvalue weighted by atomic mass is 10.00. The highest BCUT2D eigenvalue weighted by molar-refractivity contribution is 5.60. The van der Waals surface area contributed by atoms with Crippen LogP contribution < -0.4 is 5.32 Å². The first kappa shape index (κ1) is 14.5. The summed E-state index contributed by atoms with van der Waals surface area (Å²) in [4.78, 5) is 8.83. The molecular weight excluding hydrogens is 246 g/mol. The Morgan fingerprint density at radius 3 is 2.80 bits per heavy atom. The van der Waals surface area contributed by atoms with Gasteiger partial charge in [0.25, 0.3) is 0 Å². The van der Waals surface area contributed by atoms with E-state index in [2.05, 4.69) is 60.3 Å². The predicted octanol–water partition coefficient (Wildman–Crippen LogP) is 4.16. The van der Waals surface area contributed by atoms with Crippen molar-refractivity contribution in [3.8, 4) is 11.3 Å². The fourth-order valence-electron chi connectivity index (χ4n) is 2.17. The van der Waals surface area contributed by atoms with Crippen molar-refractivity contribution in [3.63, 3.8) is 0 Å². The molecule has 0 aliphatic heterocycles. The molecule has 1 aromatic heterocycles. The van der Waals surface area contributed by atoms with Crippen molar-refractivity contribution in [1.82, 2.24) is 9.97 Å². The van der Waals surface area contributed by atoms with Crippen molar-refractivity contribution < 1.29 is 0 Å². The average molecular weight is 269 g/mol. The molecule has 106 valence electrons. The lowest BCUT2D eigenvalue weighted by Gasteiger charge is -2.08. The molecule has 0 aliphatic carbocycles. The smallest absolute Gasteiger partial charge is 0.223 e. The van der Waals surface area contributed by atoms with Crippen LogP contribution in [-0.4, -0.2) is 16.5 Å². The van der Waals surface area contributed by atoms with Crippen LogP contribution in [0, 0.1) is 5.92 Å². The molecule has 0 saturated carbocycles. The summed E-state index contributed by atoms with van der Waals surface area (Å²) in [6.07, 6.45) is 3.98. The van der Waals surface area contributed by atoms with Gasteiger partial charge in [-0.25, -0.2) is 9.97 Å². The van der Waals surface area contributed by atoms with Gasteiger partial charge in [0.1, 0.15) is 0 Å². The van der Waals surface area contributed by atoms with E-state index in [1.165, 1.54) is 5.56 Å². The zero-order chi connectivity index (χ0) is 14.4. The Morgan fingerprint density at radius 1 is 1.20 bits per heavy atom. The second-order valence-corrected chi connectivity index (χ2v) is 5.49. The molecule has 20 heavy (non-hydrogen) atoms. The number of hydrogen-bond donors (Lipinski definition) is 1. The monoisotopic (exact) mass is 269 g/mol. The summed E-state index contributed by atoms with van der Waals surface area (Å²) in [5.74, 6) is 1.37. The van der Waals surface area contributed by atoms with Crippen LogP contribution in [0.5, 0.6) is 0 Å². The first-order valence-corrected chi connectivity index (χ1v) is 7.35. The van der Waals surface area contributed by atoms with Crippen LogP contribution in [0.15, 0.2) is 36.5 Å². The maximum absolute atomic E-state index is 4.58. The summed E-state index contributed by atoms with van der Waals surface area (Å²) in [7, 11) is 0. The zero-order valence-electron chi connectivity index (χ0n) is 12.6. The highest BCUT2D eigenvalue weighted by atomic mass is 15.1. The van der Waals surface area contributed by atoms with Gasteiger partial charge < -0.3 is 5.32 Å². The standard InChI is InChI=1S/C17H23N3/c1-4-9-18-17-19-10-8-16(20-17)15-7-5-6-14(12-15)11-13(2)3/h5-8,10,12-13H,4,9,11H2,1-3H3,(H,18,19,20). The fourth-order valence-corrected chi connectivity index (χ4v) is 2.17. The van der Waals surface area contributed by atoms with Crippen molar-refractivity contribution in [1.29, 1.82) is 0 Å². The van der Waals surface area contributed by atoms with Crippen molar-refractivity contribution >= 4 is 5.95 Å². The molecule has 0 bridgehead atoms. The van der Waals surface area contributed by atoms with Gasteiger partial charge in [-0.05, 0) is 36.5 Å². The van der Waals surface area contributed by atoms with Crippen LogP contribution in [0.1, 0.15) is 32.8 Å². The molecule has 0 unspecified atom stereocenters. The Bertz CT molecular complexity index is 549. The lowest BCUT2D eigenvalue weighted by molar-refractivity contribution is 0.647. The van der Waals surface area contributed by atoms with Gasteiger partial charge in [-0.2, -0.15) is 0 Å². The number of benzene rings is 1. The van der Waals surface area contributed by atoms with Crippen molar-refractivity contribution in [2.75, 3.05) is 11.9 Å². The predicted molar refractivity (Wildman–Crippen MR) is 84.8 cm³/mol. The largest absolute Gasteiger partial charge is 0.354 e. The average Bonchev–Trinajstić information content (AvgIpc) is 2.45. The minimum Gasteiger partial charge on any atom is -0.354 e. The van der Waals surface area contributed by atoms with Crippen molar-refractivity contribution in [2.45, 2.75) is 33.6 Å². The van der Waals surface area contributed by atoms with Gasteiger partial charge in [-0.3, -0.25) is 0 Å². The van der Waals surface area contributed by atoms with Crippen LogP contribution >= 0.6 is 0 Å². The van der Waals surface area contributed by atoms with E-state index in [0.29, 0.717) is 11.9 Å². The SMILES string of the molecule is CCCNc1nccc(-c2cccc(CC(C)C)c2)n1. The van der Waals surface area contributed by atoms with E-state index < -0.39 is 0 Å². The van der Waals surface area contributed by atoms with Gasteiger partial charge in [0, 0.05) is 18.3 Å². The number of nitrogens with one attached hydrogen (secondary N) is 1. The van der Waals surface area contributed by atoms with E-state index in [4.69, 9.17) is 0 Å². The van der Waals surface area contributed by atoms with Crippen LogP contribution in [0.25, 0.3) is 11.3 Å². The summed E-state index contributed by atoms with van der Waals surface area (Å²) in [6.45, 7) is 7.51. The fraction of sp³-hybridized carbons (Fsp3) is 0.412. The van der Waals surface area contributed by atoms with E-state index in [-0.39, 0.29) is 0 Å². The highest BCUT2D eigenvalue weighted by Crippen LogP contribution is 2.20. The van der Waals surface area contributed by atoms with Gasteiger partial charge >= 0.3 is 0 Å². The minimum absolute atomic E-state index is 0.664.